The number of hydrogen-bond donors (Lipinski definition) is 2. The van der Waals surface area contributed by atoms with Gasteiger partial charge in [0.15, 0.2) is 5.82 Å². The number of fused-ring (bicyclic) bond motifs is 2. The van der Waals surface area contributed by atoms with Crippen LogP contribution in [0.4, 0.5) is 10.2 Å². The number of carbonyl (C=O) groups is 1. The lowest BCUT2D eigenvalue weighted by Crippen LogP contribution is -2.13. The Balaban J connectivity index is 1.62. The van der Waals surface area contributed by atoms with Crippen LogP contribution in [-0.2, 0) is 24.1 Å². The maximum absolute atomic E-state index is 13.6. The molecule has 1 amide bonds. The largest absolute Gasteiger partial charge is 0.381 e. The molecule has 0 bridgehead atoms. The molecule has 4 aromatic rings. The summed E-state index contributed by atoms with van der Waals surface area (Å²) in [5, 5.41) is 3.37. The molecule has 0 aliphatic carbocycles. The zero-order valence-corrected chi connectivity index (χ0v) is 18.1. The van der Waals surface area contributed by atoms with E-state index in [9.17, 15) is 9.18 Å². The summed E-state index contributed by atoms with van der Waals surface area (Å²) in [4.78, 5) is 26.2. The van der Waals surface area contributed by atoms with Crippen LogP contribution in [0.5, 0.6) is 0 Å². The highest BCUT2D eigenvalue weighted by Gasteiger charge is 2.22. The zero-order valence-electron chi connectivity index (χ0n) is 18.1. The van der Waals surface area contributed by atoms with Crippen LogP contribution in [0.1, 0.15) is 32.9 Å². The number of imidazole rings is 1. The highest BCUT2D eigenvalue weighted by molar-refractivity contribution is 5.99. The summed E-state index contributed by atoms with van der Waals surface area (Å²) in [6, 6.07) is 9.86. The molecule has 168 valence electrons. The second-order valence-electron chi connectivity index (χ2n) is 7.94. The number of hydrogen-bond acceptors (Lipinski definition) is 6. The summed E-state index contributed by atoms with van der Waals surface area (Å²) in [6.45, 7) is 3.43. The van der Waals surface area contributed by atoms with Gasteiger partial charge in [-0.1, -0.05) is 12.1 Å². The molecule has 3 N–H and O–H groups in total. The molecule has 1 aromatic carbocycles. The first-order valence-corrected chi connectivity index (χ1v) is 10.7. The lowest BCUT2D eigenvalue weighted by atomic mass is 10.1. The van der Waals surface area contributed by atoms with E-state index in [0.717, 1.165) is 16.8 Å². The first kappa shape index (κ1) is 21.0. The van der Waals surface area contributed by atoms with Crippen LogP contribution in [0.25, 0.3) is 17.2 Å². The number of nitrogens with zero attached hydrogens (tertiary/aromatic N) is 4. The van der Waals surface area contributed by atoms with Crippen LogP contribution >= 0.6 is 0 Å². The molecule has 1 aliphatic heterocycles. The smallest absolute Gasteiger partial charge is 0.252 e. The van der Waals surface area contributed by atoms with Crippen molar-refractivity contribution in [3.05, 3.63) is 76.5 Å². The minimum atomic E-state index is -0.547. The van der Waals surface area contributed by atoms with Gasteiger partial charge in [-0.05, 0) is 36.8 Å². The van der Waals surface area contributed by atoms with Crippen LogP contribution in [0.15, 0.2) is 42.6 Å². The molecule has 33 heavy (non-hydrogen) atoms. The number of halogens is 1. The summed E-state index contributed by atoms with van der Waals surface area (Å²) in [5.41, 5.74) is 10.4. The molecule has 0 atom stereocenters. The van der Waals surface area contributed by atoms with E-state index < -0.39 is 5.91 Å². The Hall–Kier alpha value is -3.85. The van der Waals surface area contributed by atoms with Crippen molar-refractivity contribution in [2.75, 3.05) is 18.5 Å². The first-order valence-electron chi connectivity index (χ1n) is 10.7. The van der Waals surface area contributed by atoms with E-state index in [1.807, 2.05) is 19.2 Å². The quantitative estimate of drug-likeness (QED) is 0.488. The molecule has 0 radical (unpaired) electrons. The summed E-state index contributed by atoms with van der Waals surface area (Å²) >= 11 is 0. The minimum absolute atomic E-state index is 0.281. The molecule has 9 heteroatoms. The van der Waals surface area contributed by atoms with Crippen LogP contribution in [-0.4, -0.2) is 38.5 Å². The number of carbonyl (C=O) groups excluding carboxylic acids is 1. The highest BCUT2D eigenvalue weighted by atomic mass is 19.1. The summed E-state index contributed by atoms with van der Waals surface area (Å²) in [7, 11) is 0. The predicted octanol–water partition coefficient (Wildman–Crippen LogP) is 3.07. The third kappa shape index (κ3) is 4.03. The zero-order chi connectivity index (χ0) is 22.9. The van der Waals surface area contributed by atoms with Gasteiger partial charge in [0, 0.05) is 31.1 Å². The van der Waals surface area contributed by atoms with Crippen LogP contribution in [0.2, 0.25) is 0 Å². The molecular weight excluding hydrogens is 423 g/mol. The van der Waals surface area contributed by atoms with Crippen LogP contribution < -0.4 is 11.1 Å². The van der Waals surface area contributed by atoms with Gasteiger partial charge in [0.1, 0.15) is 23.0 Å². The van der Waals surface area contributed by atoms with Gasteiger partial charge in [0.25, 0.3) is 5.91 Å². The standard InChI is InChI=1S/C24H23FN6O2/c1-14-20(31-9-3-6-18(21(26)32)24(31)28-14)23-29-19-8-11-33-10-7-17(19)22(30-23)27-13-15-4-2-5-16(25)12-15/h2-6,9,12H,7-8,10-11,13H2,1H3,(H2,26,32)(H,27,29,30). The first-order chi connectivity index (χ1) is 16.0. The molecule has 0 saturated heterocycles. The topological polar surface area (TPSA) is 107 Å². The average Bonchev–Trinajstić information content (AvgIpc) is 2.96. The van der Waals surface area contributed by atoms with Gasteiger partial charge in [-0.15, -0.1) is 0 Å². The van der Waals surface area contributed by atoms with Gasteiger partial charge in [-0.3, -0.25) is 9.20 Å². The molecule has 1 aliphatic rings. The minimum Gasteiger partial charge on any atom is -0.381 e. The second-order valence-corrected chi connectivity index (χ2v) is 7.94. The van der Waals surface area contributed by atoms with Gasteiger partial charge >= 0.3 is 0 Å². The number of rotatable bonds is 5. The van der Waals surface area contributed by atoms with Gasteiger partial charge < -0.3 is 15.8 Å². The number of primary amides is 1. The van der Waals surface area contributed by atoms with Crippen molar-refractivity contribution in [1.29, 1.82) is 0 Å². The van der Waals surface area contributed by atoms with E-state index in [0.29, 0.717) is 66.8 Å². The highest BCUT2D eigenvalue weighted by Crippen LogP contribution is 2.29. The number of pyridine rings is 1. The Labute approximate surface area is 189 Å². The lowest BCUT2D eigenvalue weighted by molar-refractivity contribution is 0.100. The molecule has 0 spiro atoms. The number of aromatic nitrogens is 4. The fourth-order valence-corrected chi connectivity index (χ4v) is 4.17. The lowest BCUT2D eigenvalue weighted by Gasteiger charge is -2.15. The Morgan fingerprint density at radius 2 is 2.03 bits per heavy atom. The van der Waals surface area contributed by atoms with Crippen molar-refractivity contribution in [2.45, 2.75) is 26.3 Å². The van der Waals surface area contributed by atoms with Crippen molar-refractivity contribution in [3.8, 4) is 11.5 Å². The van der Waals surface area contributed by atoms with Crippen LogP contribution in [0, 0.1) is 12.7 Å². The Kier molecular flexibility index (Phi) is 5.47. The van der Waals surface area contributed by atoms with E-state index >= 15 is 0 Å². The van der Waals surface area contributed by atoms with E-state index in [1.54, 1.807) is 22.6 Å². The monoisotopic (exact) mass is 446 g/mol. The summed E-state index contributed by atoms with van der Waals surface area (Å²) in [5.74, 6) is 0.347. The Morgan fingerprint density at radius 3 is 2.85 bits per heavy atom. The number of nitrogens with two attached hydrogens (primary N) is 1. The molecule has 5 rings (SSSR count). The molecule has 0 unspecified atom stereocenters. The Bertz CT molecular complexity index is 1370. The van der Waals surface area contributed by atoms with Gasteiger partial charge in [0.2, 0.25) is 0 Å². The summed E-state index contributed by atoms with van der Waals surface area (Å²) in [6.07, 6.45) is 3.15. The number of nitrogens with one attached hydrogen (secondary N) is 1. The number of aryl methyl sites for hydroxylation is 1. The molecule has 8 nitrogen and oxygen atoms in total. The number of amides is 1. The van der Waals surface area contributed by atoms with Gasteiger partial charge in [0.05, 0.1) is 30.2 Å². The summed E-state index contributed by atoms with van der Waals surface area (Å²) < 4.78 is 21.1. The fourth-order valence-electron chi connectivity index (χ4n) is 4.17. The maximum Gasteiger partial charge on any atom is 0.252 e. The van der Waals surface area contributed by atoms with Crippen molar-refractivity contribution >= 4 is 17.4 Å². The third-order valence-corrected chi connectivity index (χ3v) is 5.72. The average molecular weight is 446 g/mol. The number of anilines is 1. The van der Waals surface area contributed by atoms with Crippen LogP contribution in [0.3, 0.4) is 0 Å². The van der Waals surface area contributed by atoms with Crippen molar-refractivity contribution in [3.63, 3.8) is 0 Å². The molecule has 0 saturated carbocycles. The maximum atomic E-state index is 13.6. The van der Waals surface area contributed by atoms with E-state index in [-0.39, 0.29) is 5.82 Å². The fraction of sp³-hybridized carbons (Fsp3) is 0.250. The van der Waals surface area contributed by atoms with Gasteiger partial charge in [-0.25, -0.2) is 19.3 Å². The van der Waals surface area contributed by atoms with E-state index in [2.05, 4.69) is 10.3 Å². The molecular formula is C24H23FN6O2. The molecule has 4 heterocycles. The predicted molar refractivity (Wildman–Crippen MR) is 121 cm³/mol. The van der Waals surface area contributed by atoms with E-state index in [4.69, 9.17) is 20.4 Å². The van der Waals surface area contributed by atoms with E-state index in [1.165, 1.54) is 12.1 Å². The van der Waals surface area contributed by atoms with Crippen molar-refractivity contribution in [2.24, 2.45) is 5.73 Å². The van der Waals surface area contributed by atoms with Crippen molar-refractivity contribution in [1.82, 2.24) is 19.4 Å². The van der Waals surface area contributed by atoms with Crippen molar-refractivity contribution < 1.29 is 13.9 Å². The SMILES string of the molecule is Cc1nc2c(C(N)=O)cccn2c1-c1nc2c(c(NCc3cccc(F)c3)n1)CCOCC2. The second kappa shape index (κ2) is 8.59. The molecule has 3 aromatic heterocycles. The third-order valence-electron chi connectivity index (χ3n) is 5.72. The van der Waals surface area contributed by atoms with Gasteiger partial charge in [-0.2, -0.15) is 0 Å². The number of benzene rings is 1. The normalized spacial score (nSPS) is 13.5. The molecule has 0 fully saturated rings. The number of ether oxygens (including phenoxy) is 1. The Morgan fingerprint density at radius 1 is 1.18 bits per heavy atom.